The van der Waals surface area contributed by atoms with E-state index in [1.54, 1.807) is 7.11 Å². The van der Waals surface area contributed by atoms with Crippen LogP contribution in [-0.2, 0) is 0 Å². The number of hydrogen-bond donors (Lipinski definition) is 0. The molecular formula is C20H15NO3. The molecule has 4 rings (SSSR count). The monoisotopic (exact) mass is 317 g/mol. The standard InChI is InChI=1S/C20H15NO3/c1-23-16-9-7-14(8-10-16)19-17-11-12-21(13-18(17)24-20(19)22)15-5-3-2-4-6-15/h2-13H,1H3. The fraction of sp³-hybridized carbons (Fsp3) is 0.0500. The Morgan fingerprint density at radius 1 is 0.958 bits per heavy atom. The van der Waals surface area contributed by atoms with Crippen LogP contribution in [0.3, 0.4) is 0 Å². The van der Waals surface area contributed by atoms with Crippen LogP contribution in [0.4, 0.5) is 0 Å². The molecule has 24 heavy (non-hydrogen) atoms. The fourth-order valence-electron chi connectivity index (χ4n) is 2.82. The molecule has 0 radical (unpaired) electrons. The number of aromatic nitrogens is 1. The molecule has 0 saturated heterocycles. The molecule has 0 atom stereocenters. The van der Waals surface area contributed by atoms with Crippen molar-refractivity contribution in [2.75, 3.05) is 7.11 Å². The zero-order chi connectivity index (χ0) is 16.5. The highest BCUT2D eigenvalue weighted by Gasteiger charge is 2.19. The number of hydrogen-bond acceptors (Lipinski definition) is 3. The van der Waals surface area contributed by atoms with Crippen molar-refractivity contribution in [1.29, 1.82) is 0 Å². The largest absolute Gasteiger partial charge is 0.497 e. The van der Waals surface area contributed by atoms with Gasteiger partial charge in [-0.15, -0.1) is 0 Å². The van der Waals surface area contributed by atoms with E-state index in [2.05, 4.69) is 0 Å². The van der Waals surface area contributed by atoms with Crippen molar-refractivity contribution in [3.63, 3.8) is 0 Å². The van der Waals surface area contributed by atoms with E-state index in [0.717, 1.165) is 22.6 Å². The van der Waals surface area contributed by atoms with Crippen LogP contribution in [-0.4, -0.2) is 11.7 Å². The van der Waals surface area contributed by atoms with Crippen LogP contribution >= 0.6 is 0 Å². The summed E-state index contributed by atoms with van der Waals surface area (Å²) in [5, 5.41) is 0. The number of fused-ring (bicyclic) bond motifs is 1. The number of nitrogens with zero attached hydrogens (tertiary/aromatic N) is 1. The van der Waals surface area contributed by atoms with Gasteiger partial charge in [-0.05, 0) is 35.9 Å². The van der Waals surface area contributed by atoms with Crippen molar-refractivity contribution < 1.29 is 9.15 Å². The molecule has 0 aliphatic carbocycles. The van der Waals surface area contributed by atoms with Gasteiger partial charge in [0.15, 0.2) is 5.76 Å². The Bertz CT molecular complexity index is 997. The van der Waals surface area contributed by atoms with E-state index in [9.17, 15) is 4.79 Å². The smallest absolute Gasteiger partial charge is 0.344 e. The van der Waals surface area contributed by atoms with Gasteiger partial charge in [-0.25, -0.2) is 4.79 Å². The van der Waals surface area contributed by atoms with Crippen LogP contribution < -0.4 is 10.4 Å². The third-order valence-electron chi connectivity index (χ3n) is 4.03. The number of rotatable bonds is 3. The van der Waals surface area contributed by atoms with Crippen molar-refractivity contribution in [2.24, 2.45) is 0 Å². The average molecular weight is 317 g/mol. The Morgan fingerprint density at radius 2 is 1.71 bits per heavy atom. The molecule has 0 aromatic heterocycles. The molecule has 0 saturated carbocycles. The Kier molecular flexibility index (Phi) is 3.43. The summed E-state index contributed by atoms with van der Waals surface area (Å²) >= 11 is 0. The minimum absolute atomic E-state index is 0.332. The van der Waals surface area contributed by atoms with E-state index < -0.39 is 0 Å². The molecule has 2 aliphatic heterocycles. The molecule has 2 aromatic carbocycles. The van der Waals surface area contributed by atoms with Crippen molar-refractivity contribution in [3.05, 3.63) is 83.5 Å². The van der Waals surface area contributed by atoms with Crippen LogP contribution in [0.1, 0.15) is 0 Å². The van der Waals surface area contributed by atoms with Gasteiger partial charge in [0.2, 0.25) is 0 Å². The number of para-hydroxylation sites is 1. The Labute approximate surface area is 138 Å². The molecule has 4 heteroatoms. The normalized spacial score (nSPS) is 10.9. The van der Waals surface area contributed by atoms with Crippen molar-refractivity contribution in [1.82, 2.24) is 4.57 Å². The molecule has 118 valence electrons. The highest BCUT2D eigenvalue weighted by molar-refractivity contribution is 5.81. The molecule has 0 N–H and O–H groups in total. The van der Waals surface area contributed by atoms with Gasteiger partial charge >= 0.3 is 5.63 Å². The predicted octanol–water partition coefficient (Wildman–Crippen LogP) is 4.21. The Morgan fingerprint density at radius 3 is 2.42 bits per heavy atom. The van der Waals surface area contributed by atoms with Gasteiger partial charge < -0.3 is 13.7 Å². The molecule has 4 nitrogen and oxygen atoms in total. The molecular weight excluding hydrogens is 302 g/mol. The molecule has 2 heterocycles. The summed E-state index contributed by atoms with van der Waals surface area (Å²) in [6.45, 7) is 0. The zero-order valence-electron chi connectivity index (χ0n) is 13.1. The number of benzene rings is 2. The van der Waals surface area contributed by atoms with Crippen molar-refractivity contribution >= 4 is 0 Å². The molecule has 2 aromatic rings. The third-order valence-corrected chi connectivity index (χ3v) is 4.03. The molecule has 0 bridgehead atoms. The predicted molar refractivity (Wildman–Crippen MR) is 92.9 cm³/mol. The van der Waals surface area contributed by atoms with Gasteiger partial charge in [0.05, 0.1) is 18.9 Å². The van der Waals surface area contributed by atoms with Gasteiger partial charge in [0, 0.05) is 17.4 Å². The average Bonchev–Trinajstić information content (AvgIpc) is 2.97. The Balaban J connectivity index is 1.83. The summed E-state index contributed by atoms with van der Waals surface area (Å²) in [5.41, 5.74) is 2.87. The molecule has 0 amide bonds. The number of furan rings is 1. The van der Waals surface area contributed by atoms with E-state index in [-0.39, 0.29) is 5.63 Å². The summed E-state index contributed by atoms with van der Waals surface area (Å²) in [6.07, 6.45) is 3.76. The quantitative estimate of drug-likeness (QED) is 0.568. The lowest BCUT2D eigenvalue weighted by atomic mass is 10.0. The van der Waals surface area contributed by atoms with Gasteiger partial charge in [-0.2, -0.15) is 0 Å². The molecule has 0 spiro atoms. The maximum absolute atomic E-state index is 12.3. The number of pyridine rings is 1. The molecule has 0 unspecified atom stereocenters. The first-order valence-electron chi connectivity index (χ1n) is 7.61. The minimum atomic E-state index is -0.332. The lowest BCUT2D eigenvalue weighted by molar-refractivity contribution is 0.415. The van der Waals surface area contributed by atoms with Crippen molar-refractivity contribution in [2.45, 2.75) is 0 Å². The first-order valence-corrected chi connectivity index (χ1v) is 7.61. The summed E-state index contributed by atoms with van der Waals surface area (Å²) in [4.78, 5) is 12.3. The highest BCUT2D eigenvalue weighted by atomic mass is 16.5. The minimum Gasteiger partial charge on any atom is -0.497 e. The van der Waals surface area contributed by atoms with Crippen LogP contribution in [0.2, 0.25) is 0 Å². The van der Waals surface area contributed by atoms with E-state index in [4.69, 9.17) is 9.15 Å². The van der Waals surface area contributed by atoms with Gasteiger partial charge in [-0.1, -0.05) is 30.3 Å². The van der Waals surface area contributed by atoms with Crippen LogP contribution in [0, 0.1) is 0 Å². The maximum Gasteiger partial charge on any atom is 0.344 e. The number of ether oxygens (including phenoxy) is 1. The fourth-order valence-corrected chi connectivity index (χ4v) is 2.82. The second-order valence-corrected chi connectivity index (χ2v) is 5.46. The van der Waals surface area contributed by atoms with Gasteiger partial charge in [0.25, 0.3) is 0 Å². The van der Waals surface area contributed by atoms with E-state index in [0.29, 0.717) is 11.3 Å². The van der Waals surface area contributed by atoms with Crippen LogP contribution in [0.5, 0.6) is 5.75 Å². The molecule has 2 aliphatic rings. The SMILES string of the molecule is COc1ccc(-c2c3ccn(-c4ccccc4)cc-3oc2=O)cc1. The second kappa shape index (κ2) is 5.74. The van der Waals surface area contributed by atoms with Crippen LogP contribution in [0.15, 0.2) is 82.3 Å². The van der Waals surface area contributed by atoms with Gasteiger partial charge in [0.1, 0.15) is 5.75 Å². The first kappa shape index (κ1) is 14.3. The number of methoxy groups -OCH3 is 1. The molecule has 0 fully saturated rings. The zero-order valence-corrected chi connectivity index (χ0v) is 13.1. The lowest BCUT2D eigenvalue weighted by Gasteiger charge is -2.08. The van der Waals surface area contributed by atoms with Crippen LogP contribution in [0.25, 0.3) is 28.1 Å². The first-order chi connectivity index (χ1) is 11.8. The second-order valence-electron chi connectivity index (χ2n) is 5.46. The maximum atomic E-state index is 12.3. The summed E-state index contributed by atoms with van der Waals surface area (Å²) < 4.78 is 12.6. The Hall–Kier alpha value is -3.27. The summed E-state index contributed by atoms with van der Waals surface area (Å²) in [5.74, 6) is 1.32. The van der Waals surface area contributed by atoms with E-state index in [1.165, 1.54) is 0 Å². The van der Waals surface area contributed by atoms with E-state index in [1.807, 2.05) is 77.6 Å². The topological polar surface area (TPSA) is 44.4 Å². The highest BCUT2D eigenvalue weighted by Crippen LogP contribution is 2.33. The van der Waals surface area contributed by atoms with Crippen molar-refractivity contribution in [3.8, 4) is 33.9 Å². The third kappa shape index (κ3) is 2.38. The van der Waals surface area contributed by atoms with E-state index >= 15 is 0 Å². The van der Waals surface area contributed by atoms with Gasteiger partial charge in [-0.3, -0.25) is 0 Å². The lowest BCUT2D eigenvalue weighted by Crippen LogP contribution is -1.96. The summed E-state index contributed by atoms with van der Waals surface area (Å²) in [6, 6.07) is 19.2. The summed E-state index contributed by atoms with van der Waals surface area (Å²) in [7, 11) is 1.61.